The minimum absolute atomic E-state index is 0. The third-order valence-electron chi connectivity index (χ3n) is 3.79. The fraction of sp³-hybridized carbons (Fsp3) is 0.875. The summed E-state index contributed by atoms with van der Waals surface area (Å²) in [6, 6.07) is 0. The third-order valence-corrected chi connectivity index (χ3v) is 3.79. The van der Waals surface area contributed by atoms with E-state index in [0.717, 1.165) is 43.9 Å². The lowest BCUT2D eigenvalue weighted by atomic mass is 9.97. The molecule has 1 fully saturated rings. The number of likely N-dealkylation sites (tertiary alicyclic amines) is 1. The average Bonchev–Trinajstić information content (AvgIpc) is 2.85. The summed E-state index contributed by atoms with van der Waals surface area (Å²) in [6.07, 6.45) is 3.56. The number of likely N-dealkylation sites (N-methyl/N-ethyl adjacent to an activating group) is 1. The van der Waals surface area contributed by atoms with Crippen molar-refractivity contribution in [3.05, 3.63) is 0 Å². The molecule has 0 aliphatic carbocycles. The van der Waals surface area contributed by atoms with E-state index in [9.17, 15) is 4.79 Å². The van der Waals surface area contributed by atoms with Gasteiger partial charge >= 0.3 is 0 Å². The largest absolute Gasteiger partial charge is 0.356 e. The van der Waals surface area contributed by atoms with Gasteiger partial charge < -0.3 is 15.1 Å². The van der Waals surface area contributed by atoms with Gasteiger partial charge in [-0.1, -0.05) is 20.8 Å². The van der Waals surface area contributed by atoms with Gasteiger partial charge in [-0.05, 0) is 31.1 Å². The summed E-state index contributed by atoms with van der Waals surface area (Å²) in [7, 11) is 3.54. The summed E-state index contributed by atoms with van der Waals surface area (Å²) in [5.74, 6) is 2.44. The van der Waals surface area contributed by atoms with Gasteiger partial charge in [0.1, 0.15) is 6.54 Å². The lowest BCUT2D eigenvalue weighted by molar-refractivity contribution is -0.127. The Kier molecular flexibility index (Phi) is 10.8. The first-order valence-electron chi connectivity index (χ1n) is 8.17. The molecule has 0 saturated carbocycles. The highest BCUT2D eigenvalue weighted by molar-refractivity contribution is 14.0. The number of aliphatic imine (C=N–C) groups is 1. The summed E-state index contributed by atoms with van der Waals surface area (Å²) in [6.45, 7) is 9.93. The first-order chi connectivity index (χ1) is 9.93. The van der Waals surface area contributed by atoms with E-state index < -0.39 is 0 Å². The van der Waals surface area contributed by atoms with Gasteiger partial charge in [0.05, 0.1) is 0 Å². The second kappa shape index (κ2) is 11.1. The molecule has 1 heterocycles. The van der Waals surface area contributed by atoms with Crippen LogP contribution in [0, 0.1) is 11.8 Å². The van der Waals surface area contributed by atoms with Crippen molar-refractivity contribution in [2.75, 3.05) is 40.3 Å². The number of halogens is 1. The molecule has 1 rings (SSSR count). The summed E-state index contributed by atoms with van der Waals surface area (Å²) >= 11 is 0. The summed E-state index contributed by atoms with van der Waals surface area (Å²) in [5.41, 5.74) is 0. The molecule has 1 saturated heterocycles. The Labute approximate surface area is 152 Å². The maximum atomic E-state index is 11.7. The van der Waals surface area contributed by atoms with Gasteiger partial charge in [0, 0.05) is 33.7 Å². The van der Waals surface area contributed by atoms with Crippen LogP contribution < -0.4 is 5.32 Å². The highest BCUT2D eigenvalue weighted by Crippen LogP contribution is 2.23. The Morgan fingerprint density at radius 3 is 2.64 bits per heavy atom. The molecule has 6 heteroatoms. The van der Waals surface area contributed by atoms with Crippen molar-refractivity contribution >= 4 is 35.8 Å². The molecule has 1 unspecified atom stereocenters. The Bertz CT molecular complexity index is 358. The number of guanidine groups is 1. The fourth-order valence-corrected chi connectivity index (χ4v) is 2.67. The minimum Gasteiger partial charge on any atom is -0.356 e. The quantitative estimate of drug-likeness (QED) is 0.405. The average molecular weight is 424 g/mol. The van der Waals surface area contributed by atoms with Gasteiger partial charge in [-0.3, -0.25) is 4.79 Å². The Hall–Kier alpha value is -0.530. The van der Waals surface area contributed by atoms with Gasteiger partial charge in [-0.25, -0.2) is 4.99 Å². The standard InChI is InChI=1S/C16H32N4O.HI/c1-6-8-17-16(18-11-15(21)19(4)5)20-9-7-14(12-20)10-13(2)3;/h13-14H,6-12H2,1-5H3,(H,17,18);1H. The maximum Gasteiger partial charge on any atom is 0.243 e. The normalized spacial score (nSPS) is 18.4. The van der Waals surface area contributed by atoms with Crippen molar-refractivity contribution in [1.82, 2.24) is 15.1 Å². The number of carbonyl (C=O) groups excluding carboxylic acids is 1. The molecule has 0 aromatic heterocycles. The Balaban J connectivity index is 0.00000441. The van der Waals surface area contributed by atoms with Gasteiger partial charge in [0.2, 0.25) is 5.91 Å². The van der Waals surface area contributed by atoms with Crippen molar-refractivity contribution in [3.63, 3.8) is 0 Å². The second-order valence-electron chi connectivity index (χ2n) is 6.59. The van der Waals surface area contributed by atoms with Crippen LogP contribution in [0.25, 0.3) is 0 Å². The monoisotopic (exact) mass is 424 g/mol. The molecule has 1 aliphatic rings. The van der Waals surface area contributed by atoms with Crippen molar-refractivity contribution in [2.24, 2.45) is 16.8 Å². The molecule has 0 radical (unpaired) electrons. The molecule has 1 aliphatic heterocycles. The van der Waals surface area contributed by atoms with Crippen molar-refractivity contribution in [2.45, 2.75) is 40.0 Å². The van der Waals surface area contributed by atoms with Crippen LogP contribution in [-0.4, -0.2) is 61.9 Å². The van der Waals surface area contributed by atoms with E-state index in [2.05, 4.69) is 36.0 Å². The molecular weight excluding hydrogens is 391 g/mol. The van der Waals surface area contributed by atoms with Gasteiger partial charge in [-0.2, -0.15) is 0 Å². The van der Waals surface area contributed by atoms with E-state index in [1.54, 1.807) is 19.0 Å². The Morgan fingerprint density at radius 2 is 2.09 bits per heavy atom. The number of hydrogen-bond donors (Lipinski definition) is 1. The number of nitrogens with zero attached hydrogens (tertiary/aromatic N) is 3. The van der Waals surface area contributed by atoms with E-state index in [4.69, 9.17) is 0 Å². The van der Waals surface area contributed by atoms with Gasteiger partial charge in [-0.15, -0.1) is 24.0 Å². The first kappa shape index (κ1) is 21.5. The van der Waals surface area contributed by atoms with Crippen LogP contribution in [0.5, 0.6) is 0 Å². The molecule has 5 nitrogen and oxygen atoms in total. The van der Waals surface area contributed by atoms with Crippen LogP contribution in [0.4, 0.5) is 0 Å². The van der Waals surface area contributed by atoms with Crippen molar-refractivity contribution < 1.29 is 4.79 Å². The molecule has 1 atom stereocenters. The predicted molar refractivity (Wildman–Crippen MR) is 104 cm³/mol. The summed E-state index contributed by atoms with van der Waals surface area (Å²) in [5, 5.41) is 3.38. The van der Waals surface area contributed by atoms with E-state index in [-0.39, 0.29) is 36.4 Å². The molecule has 1 amide bonds. The van der Waals surface area contributed by atoms with Crippen LogP contribution in [0.2, 0.25) is 0 Å². The smallest absolute Gasteiger partial charge is 0.243 e. The minimum atomic E-state index is 0. The molecule has 0 spiro atoms. The first-order valence-corrected chi connectivity index (χ1v) is 8.17. The second-order valence-corrected chi connectivity index (χ2v) is 6.59. The summed E-state index contributed by atoms with van der Waals surface area (Å²) < 4.78 is 0. The molecule has 0 bridgehead atoms. The van der Waals surface area contributed by atoms with E-state index >= 15 is 0 Å². The Morgan fingerprint density at radius 1 is 1.41 bits per heavy atom. The lowest BCUT2D eigenvalue weighted by Gasteiger charge is -2.22. The van der Waals surface area contributed by atoms with Crippen LogP contribution in [0.1, 0.15) is 40.0 Å². The zero-order valence-electron chi connectivity index (χ0n) is 14.8. The molecule has 1 N–H and O–H groups in total. The molecular formula is C16H33IN4O. The third kappa shape index (κ3) is 7.65. The molecule has 0 aromatic rings. The van der Waals surface area contributed by atoms with Gasteiger partial charge in [0.25, 0.3) is 0 Å². The number of hydrogen-bond acceptors (Lipinski definition) is 2. The lowest BCUT2D eigenvalue weighted by Crippen LogP contribution is -2.41. The fourth-order valence-electron chi connectivity index (χ4n) is 2.67. The number of carbonyl (C=O) groups is 1. The summed E-state index contributed by atoms with van der Waals surface area (Å²) in [4.78, 5) is 20.1. The molecule has 130 valence electrons. The number of rotatable bonds is 6. The molecule has 0 aromatic carbocycles. The maximum absolute atomic E-state index is 11.7. The van der Waals surface area contributed by atoms with E-state index in [1.807, 2.05) is 0 Å². The van der Waals surface area contributed by atoms with Crippen LogP contribution >= 0.6 is 24.0 Å². The highest BCUT2D eigenvalue weighted by Gasteiger charge is 2.25. The van der Waals surface area contributed by atoms with Crippen LogP contribution in [0.3, 0.4) is 0 Å². The number of amides is 1. The van der Waals surface area contributed by atoms with Crippen molar-refractivity contribution in [1.29, 1.82) is 0 Å². The van der Waals surface area contributed by atoms with Gasteiger partial charge in [0.15, 0.2) is 5.96 Å². The molecule has 22 heavy (non-hydrogen) atoms. The van der Waals surface area contributed by atoms with Crippen LogP contribution in [-0.2, 0) is 4.79 Å². The van der Waals surface area contributed by atoms with E-state index in [0.29, 0.717) is 0 Å². The van der Waals surface area contributed by atoms with Crippen molar-refractivity contribution in [3.8, 4) is 0 Å². The zero-order chi connectivity index (χ0) is 15.8. The topological polar surface area (TPSA) is 47.9 Å². The number of nitrogens with one attached hydrogen (secondary N) is 1. The van der Waals surface area contributed by atoms with E-state index in [1.165, 1.54) is 12.8 Å². The van der Waals surface area contributed by atoms with Crippen LogP contribution in [0.15, 0.2) is 4.99 Å². The predicted octanol–water partition coefficient (Wildman–Crippen LogP) is 2.42. The SMILES string of the molecule is CCCNC(=NCC(=O)N(C)C)N1CCC(CC(C)C)C1.I. The highest BCUT2D eigenvalue weighted by atomic mass is 127. The zero-order valence-corrected chi connectivity index (χ0v) is 17.1.